The number of imide groups is 1. The minimum atomic E-state index is -1.45. The lowest BCUT2D eigenvalue weighted by Crippen LogP contribution is -2.61. The number of phenolic OH excluding ortho intramolecular Hbond substituents is 1. The van der Waals surface area contributed by atoms with Gasteiger partial charge in [-0.25, -0.2) is 4.79 Å². The predicted octanol–water partition coefficient (Wildman–Crippen LogP) is 2.21. The van der Waals surface area contributed by atoms with Crippen molar-refractivity contribution in [1.82, 2.24) is 25.8 Å². The molecule has 2 heterocycles. The molecule has 3 rings (SSSR count). The second-order valence-electron chi connectivity index (χ2n) is 11.8. The maximum absolute atomic E-state index is 13.7. The van der Waals surface area contributed by atoms with E-state index >= 15 is 0 Å². The van der Waals surface area contributed by atoms with Gasteiger partial charge in [0.25, 0.3) is 5.91 Å². The van der Waals surface area contributed by atoms with Crippen LogP contribution in [0.4, 0.5) is 4.79 Å². The van der Waals surface area contributed by atoms with Crippen molar-refractivity contribution < 1.29 is 34.2 Å². The molecule has 4 unspecified atom stereocenters. The highest BCUT2D eigenvalue weighted by Crippen LogP contribution is 2.24. The number of nitrogens with one attached hydrogen (secondary N) is 3. The predicted molar refractivity (Wildman–Crippen MR) is 164 cm³/mol. The van der Waals surface area contributed by atoms with Crippen molar-refractivity contribution in [1.29, 1.82) is 0 Å². The number of fused-ring (bicyclic) bond motifs is 1. The van der Waals surface area contributed by atoms with Crippen molar-refractivity contribution in [2.45, 2.75) is 109 Å². The SMILES string of the molecule is CCCCN1C(=O)NCCCCC(CC)C(=O)N2CCCC2C(=O)NC([C@H](O)Cc2ccc(O)cc2)C(=O)NC(CC)C1=O. The molecule has 0 spiro atoms. The molecule has 2 aliphatic rings. The highest BCUT2D eigenvalue weighted by Gasteiger charge is 2.40. The zero-order chi connectivity index (χ0) is 32.2. The molecule has 44 heavy (non-hydrogen) atoms. The first kappa shape index (κ1) is 34.8. The van der Waals surface area contributed by atoms with Gasteiger partial charge >= 0.3 is 6.03 Å². The summed E-state index contributed by atoms with van der Waals surface area (Å²) in [6, 6.07) is 2.27. The van der Waals surface area contributed by atoms with E-state index in [-0.39, 0.29) is 37.0 Å². The topological polar surface area (TPSA) is 168 Å². The van der Waals surface area contributed by atoms with Gasteiger partial charge in [0.1, 0.15) is 23.9 Å². The monoisotopic (exact) mass is 615 g/mol. The summed E-state index contributed by atoms with van der Waals surface area (Å²) in [5.74, 6) is -2.23. The van der Waals surface area contributed by atoms with Gasteiger partial charge in [-0.05, 0) is 62.6 Å². The molecule has 2 saturated heterocycles. The van der Waals surface area contributed by atoms with Crippen LogP contribution < -0.4 is 16.0 Å². The molecule has 2 fully saturated rings. The number of carbonyl (C=O) groups excluding carboxylic acids is 5. The van der Waals surface area contributed by atoms with Gasteiger partial charge in [-0.3, -0.25) is 24.1 Å². The van der Waals surface area contributed by atoms with Crippen molar-refractivity contribution >= 4 is 29.7 Å². The molecule has 6 amide bonds. The number of aliphatic hydroxyl groups is 1. The van der Waals surface area contributed by atoms with Crippen molar-refractivity contribution in [2.75, 3.05) is 19.6 Å². The zero-order valence-electron chi connectivity index (χ0n) is 26.2. The number of amides is 6. The lowest BCUT2D eigenvalue weighted by atomic mass is 9.96. The Balaban J connectivity index is 1.95. The highest BCUT2D eigenvalue weighted by molar-refractivity contribution is 6.00. The smallest absolute Gasteiger partial charge is 0.324 e. The van der Waals surface area contributed by atoms with Crippen LogP contribution in [0.5, 0.6) is 5.75 Å². The number of aliphatic hydroxyl groups excluding tert-OH is 1. The summed E-state index contributed by atoms with van der Waals surface area (Å²) >= 11 is 0. The molecule has 0 bridgehead atoms. The Labute approximate surface area is 259 Å². The average Bonchev–Trinajstić information content (AvgIpc) is 3.51. The molecule has 5 N–H and O–H groups in total. The van der Waals surface area contributed by atoms with Gasteiger partial charge in [0.2, 0.25) is 17.7 Å². The van der Waals surface area contributed by atoms with Crippen LogP contribution in [0.2, 0.25) is 0 Å². The van der Waals surface area contributed by atoms with Crippen molar-refractivity contribution in [3.8, 4) is 5.75 Å². The van der Waals surface area contributed by atoms with Gasteiger partial charge in [-0.15, -0.1) is 0 Å². The van der Waals surface area contributed by atoms with Crippen molar-refractivity contribution in [3.63, 3.8) is 0 Å². The molecule has 1 aromatic rings. The number of urea groups is 1. The van der Waals surface area contributed by atoms with Crippen LogP contribution >= 0.6 is 0 Å². The van der Waals surface area contributed by atoms with E-state index in [4.69, 9.17) is 0 Å². The Morgan fingerprint density at radius 3 is 2.27 bits per heavy atom. The molecule has 1 aromatic carbocycles. The van der Waals surface area contributed by atoms with Crippen LogP contribution in [0.1, 0.15) is 84.1 Å². The second kappa shape index (κ2) is 17.0. The summed E-state index contributed by atoms with van der Waals surface area (Å²) in [6.45, 7) is 6.53. The molecule has 0 aromatic heterocycles. The fraction of sp³-hybridized carbons (Fsp3) is 0.656. The molecule has 12 nitrogen and oxygen atoms in total. The van der Waals surface area contributed by atoms with Gasteiger partial charge in [0.15, 0.2) is 0 Å². The van der Waals surface area contributed by atoms with E-state index in [2.05, 4.69) is 16.0 Å². The normalized spacial score (nSPS) is 25.4. The van der Waals surface area contributed by atoms with E-state index in [0.29, 0.717) is 63.6 Å². The number of aromatic hydroxyl groups is 1. The third-order valence-corrected chi connectivity index (χ3v) is 8.55. The maximum Gasteiger partial charge on any atom is 0.324 e. The fourth-order valence-corrected chi connectivity index (χ4v) is 5.84. The second-order valence-corrected chi connectivity index (χ2v) is 11.8. The molecular weight excluding hydrogens is 566 g/mol. The minimum Gasteiger partial charge on any atom is -0.508 e. The van der Waals surface area contributed by atoms with Crippen LogP contribution in [0.3, 0.4) is 0 Å². The first-order valence-corrected chi connectivity index (χ1v) is 16.1. The van der Waals surface area contributed by atoms with Gasteiger partial charge in [0, 0.05) is 32.0 Å². The molecule has 244 valence electrons. The first-order chi connectivity index (χ1) is 21.1. The average molecular weight is 616 g/mol. The number of hydrogen-bond donors (Lipinski definition) is 5. The lowest BCUT2D eigenvalue weighted by Gasteiger charge is -2.32. The highest BCUT2D eigenvalue weighted by atomic mass is 16.3. The van der Waals surface area contributed by atoms with E-state index in [1.165, 1.54) is 12.1 Å². The number of unbranched alkanes of at least 4 members (excludes halogenated alkanes) is 1. The van der Waals surface area contributed by atoms with E-state index in [1.807, 2.05) is 13.8 Å². The maximum atomic E-state index is 13.7. The molecule has 2 aliphatic heterocycles. The first-order valence-electron chi connectivity index (χ1n) is 16.1. The molecule has 5 atom stereocenters. The number of benzene rings is 1. The standard InChI is InChI=1S/C32H49N5O7/c1-4-7-18-37-31(43)24(6-3)34-29(41)27(26(39)20-21-13-15-23(38)16-14-21)35-28(40)25-12-10-19-36(25)30(42)22(5-2)11-8-9-17-33-32(37)44/h13-16,22,24-27,38-39H,4-12,17-20H2,1-3H3,(H,33,44)(H,34,41)(H,35,40)/t22?,24?,25?,26-,27?/m1/s1. The Morgan fingerprint density at radius 2 is 1.61 bits per heavy atom. The summed E-state index contributed by atoms with van der Waals surface area (Å²) in [5, 5.41) is 29.1. The molecular formula is C32H49N5O7. The molecule has 0 aliphatic carbocycles. The van der Waals surface area contributed by atoms with E-state index < -0.39 is 48.0 Å². The number of rotatable bonds is 8. The van der Waals surface area contributed by atoms with Crippen molar-refractivity contribution in [2.24, 2.45) is 5.92 Å². The molecule has 0 radical (unpaired) electrons. The zero-order valence-corrected chi connectivity index (χ0v) is 26.2. The summed E-state index contributed by atoms with van der Waals surface area (Å²) in [4.78, 5) is 70.3. The third-order valence-electron chi connectivity index (χ3n) is 8.55. The summed E-state index contributed by atoms with van der Waals surface area (Å²) in [7, 11) is 0. The van der Waals surface area contributed by atoms with Gasteiger partial charge in [-0.2, -0.15) is 0 Å². The van der Waals surface area contributed by atoms with Crippen LogP contribution in [0, 0.1) is 5.92 Å². The van der Waals surface area contributed by atoms with E-state index in [1.54, 1.807) is 24.0 Å². The summed E-state index contributed by atoms with van der Waals surface area (Å²) < 4.78 is 0. The Kier molecular flexibility index (Phi) is 13.4. The lowest BCUT2D eigenvalue weighted by molar-refractivity contribution is -0.143. The Hall–Kier alpha value is -3.67. The number of phenols is 1. The van der Waals surface area contributed by atoms with E-state index in [9.17, 15) is 34.2 Å². The largest absolute Gasteiger partial charge is 0.508 e. The number of carbonyl (C=O) groups is 5. The van der Waals surface area contributed by atoms with Crippen molar-refractivity contribution in [3.05, 3.63) is 29.8 Å². The van der Waals surface area contributed by atoms with Gasteiger partial charge < -0.3 is 31.1 Å². The Bertz CT molecular complexity index is 1140. The summed E-state index contributed by atoms with van der Waals surface area (Å²) in [6.07, 6.45) is 3.69. The van der Waals surface area contributed by atoms with Crippen LogP contribution in [-0.2, 0) is 25.6 Å². The molecule has 12 heteroatoms. The molecule has 0 saturated carbocycles. The van der Waals surface area contributed by atoms with Crippen LogP contribution in [0.25, 0.3) is 0 Å². The van der Waals surface area contributed by atoms with Crippen LogP contribution in [0.15, 0.2) is 24.3 Å². The third kappa shape index (κ3) is 9.17. The van der Waals surface area contributed by atoms with Gasteiger partial charge in [-0.1, -0.05) is 45.7 Å². The van der Waals surface area contributed by atoms with Gasteiger partial charge in [0.05, 0.1) is 6.10 Å². The minimum absolute atomic E-state index is 0.0281. The fourth-order valence-electron chi connectivity index (χ4n) is 5.84. The quantitative estimate of drug-likeness (QED) is 0.299. The Morgan fingerprint density at radius 1 is 0.886 bits per heavy atom. The van der Waals surface area contributed by atoms with Crippen LogP contribution in [-0.4, -0.2) is 93.5 Å². The number of hydrogen-bond acceptors (Lipinski definition) is 7. The summed E-state index contributed by atoms with van der Waals surface area (Å²) in [5.41, 5.74) is 0.616. The number of nitrogens with zero attached hydrogens (tertiary/aromatic N) is 2. The van der Waals surface area contributed by atoms with E-state index in [0.717, 1.165) is 11.3 Å².